The first-order chi connectivity index (χ1) is 9.76. The normalized spacial score (nSPS) is 22.0. The highest BCUT2D eigenvalue weighted by Crippen LogP contribution is 2.41. The first kappa shape index (κ1) is 11.8. The predicted molar refractivity (Wildman–Crippen MR) is 73.3 cm³/mol. The number of hydrogen-bond donors (Lipinski definition) is 1. The van der Waals surface area contributed by atoms with Gasteiger partial charge in [-0.2, -0.15) is 0 Å². The van der Waals surface area contributed by atoms with Crippen molar-refractivity contribution in [2.24, 2.45) is 5.41 Å². The van der Waals surface area contributed by atoms with Crippen molar-refractivity contribution in [2.45, 2.75) is 19.3 Å². The first-order valence-electron chi connectivity index (χ1n) is 6.99. The molecule has 2 aliphatic heterocycles. The fraction of sp³-hybridized carbons (Fsp3) is 0.500. The van der Waals surface area contributed by atoms with Crippen molar-refractivity contribution in [1.29, 1.82) is 0 Å². The maximum absolute atomic E-state index is 12.4. The highest BCUT2D eigenvalue weighted by atomic mass is 16.6. The summed E-state index contributed by atoms with van der Waals surface area (Å²) in [4.78, 5) is 14.3. The minimum absolute atomic E-state index is 0.152. The van der Waals surface area contributed by atoms with Crippen LogP contribution in [0.5, 0.6) is 0 Å². The molecule has 20 heavy (non-hydrogen) atoms. The molecule has 0 atom stereocenters. The SMILES string of the molecule is O=C1CC2(CCNCC2)CN1c1ccc2nonc2c1. The minimum atomic E-state index is 0.152. The highest BCUT2D eigenvalue weighted by Gasteiger charge is 2.44. The molecule has 0 radical (unpaired) electrons. The zero-order valence-corrected chi connectivity index (χ0v) is 11.1. The summed E-state index contributed by atoms with van der Waals surface area (Å²) < 4.78 is 4.71. The second-order valence-electron chi connectivity index (χ2n) is 5.84. The third kappa shape index (κ3) is 1.79. The van der Waals surface area contributed by atoms with Gasteiger partial charge < -0.3 is 10.2 Å². The Morgan fingerprint density at radius 3 is 2.85 bits per heavy atom. The van der Waals surface area contributed by atoms with Gasteiger partial charge in [0.25, 0.3) is 0 Å². The van der Waals surface area contributed by atoms with E-state index < -0.39 is 0 Å². The zero-order chi connectivity index (χ0) is 13.6. The summed E-state index contributed by atoms with van der Waals surface area (Å²) in [5.74, 6) is 0.211. The topological polar surface area (TPSA) is 71.3 Å². The smallest absolute Gasteiger partial charge is 0.227 e. The van der Waals surface area contributed by atoms with Gasteiger partial charge in [0.2, 0.25) is 5.91 Å². The Kier molecular flexibility index (Phi) is 2.53. The van der Waals surface area contributed by atoms with Crippen molar-refractivity contribution in [3.8, 4) is 0 Å². The minimum Gasteiger partial charge on any atom is -0.317 e. The number of carbonyl (C=O) groups excluding carboxylic acids is 1. The van der Waals surface area contributed by atoms with Crippen LogP contribution in [-0.2, 0) is 4.79 Å². The van der Waals surface area contributed by atoms with Crippen molar-refractivity contribution in [1.82, 2.24) is 15.6 Å². The van der Waals surface area contributed by atoms with Gasteiger partial charge in [0.1, 0.15) is 11.0 Å². The molecule has 1 aromatic heterocycles. The number of rotatable bonds is 1. The number of benzene rings is 1. The molecule has 2 aliphatic rings. The molecule has 1 N–H and O–H groups in total. The second-order valence-corrected chi connectivity index (χ2v) is 5.84. The van der Waals surface area contributed by atoms with E-state index in [1.165, 1.54) is 0 Å². The van der Waals surface area contributed by atoms with Crippen molar-refractivity contribution >= 4 is 22.6 Å². The number of fused-ring (bicyclic) bond motifs is 1. The monoisotopic (exact) mass is 272 g/mol. The lowest BCUT2D eigenvalue weighted by Crippen LogP contribution is -2.38. The van der Waals surface area contributed by atoms with Crippen molar-refractivity contribution in [2.75, 3.05) is 24.5 Å². The van der Waals surface area contributed by atoms with Crippen LogP contribution in [0.2, 0.25) is 0 Å². The molecule has 0 aliphatic carbocycles. The van der Waals surface area contributed by atoms with E-state index >= 15 is 0 Å². The second kappa shape index (κ2) is 4.28. The molecule has 3 heterocycles. The number of anilines is 1. The Hall–Kier alpha value is -1.95. The third-order valence-electron chi connectivity index (χ3n) is 4.53. The number of nitrogens with zero attached hydrogens (tertiary/aromatic N) is 3. The maximum atomic E-state index is 12.4. The fourth-order valence-electron chi connectivity index (χ4n) is 3.36. The molecular formula is C14H16N4O2. The zero-order valence-electron chi connectivity index (χ0n) is 11.1. The van der Waals surface area contributed by atoms with E-state index in [-0.39, 0.29) is 11.3 Å². The van der Waals surface area contributed by atoms with E-state index in [4.69, 9.17) is 4.63 Å². The lowest BCUT2D eigenvalue weighted by atomic mass is 9.78. The van der Waals surface area contributed by atoms with Crippen LogP contribution >= 0.6 is 0 Å². The Bertz CT molecular complexity index is 660. The van der Waals surface area contributed by atoms with Crippen LogP contribution < -0.4 is 10.2 Å². The van der Waals surface area contributed by atoms with Crippen LogP contribution in [0, 0.1) is 5.41 Å². The van der Waals surface area contributed by atoms with Gasteiger partial charge in [-0.25, -0.2) is 4.63 Å². The highest BCUT2D eigenvalue weighted by molar-refractivity contribution is 5.97. The van der Waals surface area contributed by atoms with Gasteiger partial charge in [0, 0.05) is 18.7 Å². The summed E-state index contributed by atoms with van der Waals surface area (Å²) in [5, 5.41) is 11.0. The molecule has 2 fully saturated rings. The van der Waals surface area contributed by atoms with E-state index in [1.54, 1.807) is 0 Å². The molecule has 104 valence electrons. The average Bonchev–Trinajstić information content (AvgIpc) is 3.04. The lowest BCUT2D eigenvalue weighted by Gasteiger charge is -2.33. The molecule has 6 heteroatoms. The summed E-state index contributed by atoms with van der Waals surface area (Å²) in [6.45, 7) is 2.82. The van der Waals surface area contributed by atoms with Gasteiger partial charge in [-0.05, 0) is 59.9 Å². The Labute approximate surface area is 116 Å². The summed E-state index contributed by atoms with van der Waals surface area (Å²) in [6, 6.07) is 5.65. The predicted octanol–water partition coefficient (Wildman–Crippen LogP) is 1.33. The van der Waals surface area contributed by atoms with Crippen LogP contribution in [0.3, 0.4) is 0 Å². The summed E-state index contributed by atoms with van der Waals surface area (Å²) in [6.07, 6.45) is 2.80. The summed E-state index contributed by atoms with van der Waals surface area (Å²) >= 11 is 0. The first-order valence-corrected chi connectivity index (χ1v) is 6.99. The largest absolute Gasteiger partial charge is 0.317 e. The van der Waals surface area contributed by atoms with Crippen LogP contribution in [0.1, 0.15) is 19.3 Å². The van der Waals surface area contributed by atoms with Crippen LogP contribution in [0.4, 0.5) is 5.69 Å². The van der Waals surface area contributed by atoms with Gasteiger partial charge in [-0.1, -0.05) is 0 Å². The lowest BCUT2D eigenvalue weighted by molar-refractivity contribution is -0.117. The van der Waals surface area contributed by atoms with Crippen molar-refractivity contribution in [3.05, 3.63) is 18.2 Å². The molecule has 0 saturated carbocycles. The van der Waals surface area contributed by atoms with E-state index in [2.05, 4.69) is 15.6 Å². The van der Waals surface area contributed by atoms with E-state index in [0.29, 0.717) is 11.9 Å². The molecule has 0 bridgehead atoms. The van der Waals surface area contributed by atoms with Crippen LogP contribution in [-0.4, -0.2) is 35.9 Å². The van der Waals surface area contributed by atoms with Crippen molar-refractivity contribution < 1.29 is 9.42 Å². The Morgan fingerprint density at radius 1 is 1.20 bits per heavy atom. The number of nitrogens with one attached hydrogen (secondary N) is 1. The van der Waals surface area contributed by atoms with E-state index in [9.17, 15) is 4.79 Å². The Balaban J connectivity index is 1.66. The number of aromatic nitrogens is 2. The van der Waals surface area contributed by atoms with Gasteiger partial charge in [-0.3, -0.25) is 4.79 Å². The Morgan fingerprint density at radius 2 is 2.00 bits per heavy atom. The molecule has 1 aromatic carbocycles. The fourth-order valence-corrected chi connectivity index (χ4v) is 3.36. The van der Waals surface area contributed by atoms with Crippen LogP contribution in [0.15, 0.2) is 22.8 Å². The van der Waals surface area contributed by atoms with Gasteiger partial charge in [0.05, 0.1) is 0 Å². The number of hydrogen-bond acceptors (Lipinski definition) is 5. The molecule has 2 saturated heterocycles. The third-order valence-corrected chi connectivity index (χ3v) is 4.53. The molecule has 1 spiro atoms. The number of piperidine rings is 1. The number of amides is 1. The van der Waals surface area contributed by atoms with Crippen molar-refractivity contribution in [3.63, 3.8) is 0 Å². The quantitative estimate of drug-likeness (QED) is 0.848. The van der Waals surface area contributed by atoms with Gasteiger partial charge in [0.15, 0.2) is 0 Å². The van der Waals surface area contributed by atoms with E-state index in [1.807, 2.05) is 23.1 Å². The van der Waals surface area contributed by atoms with E-state index in [0.717, 1.165) is 43.7 Å². The summed E-state index contributed by atoms with van der Waals surface area (Å²) in [5.41, 5.74) is 2.46. The average molecular weight is 272 g/mol. The standard InChI is InChI=1S/C14H16N4O2/c19-13-8-14(3-5-15-6-4-14)9-18(13)10-1-2-11-12(7-10)17-20-16-11/h1-2,7,15H,3-6,8-9H2. The van der Waals surface area contributed by atoms with Gasteiger partial charge in [-0.15, -0.1) is 0 Å². The summed E-state index contributed by atoms with van der Waals surface area (Å²) in [7, 11) is 0. The molecule has 4 rings (SSSR count). The molecule has 2 aromatic rings. The van der Waals surface area contributed by atoms with Gasteiger partial charge >= 0.3 is 0 Å². The van der Waals surface area contributed by atoms with Crippen LogP contribution in [0.25, 0.3) is 11.0 Å². The maximum Gasteiger partial charge on any atom is 0.227 e. The molecular weight excluding hydrogens is 256 g/mol. The molecule has 0 unspecified atom stereocenters. The molecule has 1 amide bonds. The molecule has 6 nitrogen and oxygen atoms in total. The number of carbonyl (C=O) groups is 1.